The van der Waals surface area contributed by atoms with E-state index in [1.165, 1.54) is 44.3 Å². The van der Waals surface area contributed by atoms with Gasteiger partial charge in [0.1, 0.15) is 0 Å². The van der Waals surface area contributed by atoms with Gasteiger partial charge in [0, 0.05) is 12.2 Å². The van der Waals surface area contributed by atoms with Crippen molar-refractivity contribution in [2.75, 3.05) is 0 Å². The van der Waals surface area contributed by atoms with E-state index in [-0.39, 0.29) is 0 Å². The number of allylic oxidation sites excluding steroid dienone is 4. The van der Waals surface area contributed by atoms with E-state index in [0.717, 1.165) is 5.57 Å². The van der Waals surface area contributed by atoms with Crippen LogP contribution in [-0.4, -0.2) is 24.1 Å². The van der Waals surface area contributed by atoms with Crippen LogP contribution in [0.1, 0.15) is 59.8 Å². The molecule has 0 aromatic rings. The van der Waals surface area contributed by atoms with Crippen LogP contribution >= 0.6 is 0 Å². The van der Waals surface area contributed by atoms with Gasteiger partial charge in [0.15, 0.2) is 12.2 Å². The Morgan fingerprint density at radius 2 is 2.08 bits per heavy atom. The second-order valence-corrected chi connectivity index (χ2v) is 6.76. The van der Waals surface area contributed by atoms with Crippen LogP contribution in [0.5, 0.6) is 0 Å². The molecule has 0 spiro atoms. The van der Waals surface area contributed by atoms with Crippen molar-refractivity contribution in [2.45, 2.75) is 72.0 Å². The van der Waals surface area contributed by atoms with E-state index >= 15 is 0 Å². The summed E-state index contributed by atoms with van der Waals surface area (Å²) in [6.45, 7) is 8.22. The summed E-state index contributed by atoms with van der Waals surface area (Å²) in [6, 6.07) is 0. The van der Waals surface area contributed by atoms with Gasteiger partial charge >= 0.3 is 11.9 Å². The Morgan fingerprint density at radius 3 is 2.77 bits per heavy atom. The van der Waals surface area contributed by atoms with Gasteiger partial charge in [-0.2, -0.15) is 0 Å². The summed E-state index contributed by atoms with van der Waals surface area (Å²) in [5.41, 5.74) is 1.04. The number of rotatable bonds is 10. The first kappa shape index (κ1) is 21.9. The average Bonchev–Trinajstić information content (AvgIpc) is 2.59. The van der Waals surface area contributed by atoms with Crippen LogP contribution in [0.15, 0.2) is 48.1 Å². The quantitative estimate of drug-likeness (QED) is 0.179. The molecule has 144 valence electrons. The van der Waals surface area contributed by atoms with E-state index in [0.29, 0.717) is 5.92 Å². The molecule has 0 amide bonds. The highest BCUT2D eigenvalue weighted by molar-refractivity contribution is 5.85. The van der Waals surface area contributed by atoms with E-state index in [1.54, 1.807) is 24.3 Å². The molecule has 0 saturated carbocycles. The Balaban J connectivity index is 2.51. The third kappa shape index (κ3) is 8.84. The molecule has 0 aromatic carbocycles. The van der Waals surface area contributed by atoms with Crippen LogP contribution in [0.4, 0.5) is 0 Å². The molecule has 3 unspecified atom stereocenters. The molecule has 0 N–H and O–H groups in total. The molecule has 1 rings (SSSR count). The van der Waals surface area contributed by atoms with Gasteiger partial charge in [0.05, 0.1) is 0 Å². The fraction of sp³-hybridized carbons (Fsp3) is 0.545. The second kappa shape index (κ2) is 12.3. The summed E-state index contributed by atoms with van der Waals surface area (Å²) in [4.78, 5) is 23.3. The minimum Gasteiger partial charge on any atom is -0.451 e. The van der Waals surface area contributed by atoms with Gasteiger partial charge in [-0.25, -0.2) is 9.59 Å². The van der Waals surface area contributed by atoms with Crippen molar-refractivity contribution < 1.29 is 19.1 Å². The van der Waals surface area contributed by atoms with E-state index in [2.05, 4.69) is 19.9 Å². The average molecular weight is 360 g/mol. The maximum absolute atomic E-state index is 12.0. The van der Waals surface area contributed by atoms with E-state index in [4.69, 9.17) is 9.47 Å². The third-order valence-electron chi connectivity index (χ3n) is 4.18. The van der Waals surface area contributed by atoms with Crippen LogP contribution < -0.4 is 0 Å². The van der Waals surface area contributed by atoms with Gasteiger partial charge in [-0.05, 0) is 38.3 Å². The fourth-order valence-electron chi connectivity index (χ4n) is 2.82. The van der Waals surface area contributed by atoms with Crippen molar-refractivity contribution in [3.05, 3.63) is 48.1 Å². The highest BCUT2D eigenvalue weighted by atomic mass is 16.6. The van der Waals surface area contributed by atoms with Gasteiger partial charge < -0.3 is 9.47 Å². The molecule has 1 aliphatic rings. The number of hydrogen-bond donors (Lipinski definition) is 0. The van der Waals surface area contributed by atoms with E-state index in [9.17, 15) is 9.59 Å². The summed E-state index contributed by atoms with van der Waals surface area (Å²) in [5.74, 6) is -0.384. The highest BCUT2D eigenvalue weighted by Crippen LogP contribution is 2.16. The molecule has 0 fully saturated rings. The predicted molar refractivity (Wildman–Crippen MR) is 105 cm³/mol. The molecule has 1 heterocycles. The number of hydrogen-bond acceptors (Lipinski definition) is 4. The van der Waals surface area contributed by atoms with Gasteiger partial charge in [-0.15, -0.1) is 0 Å². The number of esters is 2. The molecule has 1 aliphatic heterocycles. The zero-order valence-electron chi connectivity index (χ0n) is 16.4. The van der Waals surface area contributed by atoms with Crippen LogP contribution in [0.3, 0.4) is 0 Å². The van der Waals surface area contributed by atoms with Crippen LogP contribution in [0, 0.1) is 5.92 Å². The summed E-state index contributed by atoms with van der Waals surface area (Å²) < 4.78 is 10.5. The summed E-state index contributed by atoms with van der Waals surface area (Å²) in [6.07, 6.45) is 16.7. The standard InChI is InChI=1S/C22H32O4/c1-5-7-8-9-11-17(3)16-18(4)12-14-21(23)26-20-13-15-22(24)25-19(20)10-6-2/h6,10,12-17,19-20H,5,7-9,11H2,1-4H3/b10-6+,14-12+,18-16+. The van der Waals surface area contributed by atoms with Crippen molar-refractivity contribution >= 4 is 11.9 Å². The zero-order chi connectivity index (χ0) is 19.4. The van der Waals surface area contributed by atoms with E-state index < -0.39 is 24.1 Å². The van der Waals surface area contributed by atoms with Crippen LogP contribution in [0.2, 0.25) is 0 Å². The smallest absolute Gasteiger partial charge is 0.331 e. The van der Waals surface area contributed by atoms with Crippen molar-refractivity contribution in [3.63, 3.8) is 0 Å². The molecule has 0 radical (unpaired) electrons. The molecule has 0 bridgehead atoms. The third-order valence-corrected chi connectivity index (χ3v) is 4.18. The Morgan fingerprint density at radius 1 is 1.31 bits per heavy atom. The van der Waals surface area contributed by atoms with Crippen molar-refractivity contribution in [2.24, 2.45) is 5.92 Å². The van der Waals surface area contributed by atoms with Crippen molar-refractivity contribution in [1.29, 1.82) is 0 Å². The zero-order valence-corrected chi connectivity index (χ0v) is 16.4. The normalized spacial score (nSPS) is 22.0. The number of ether oxygens (including phenoxy) is 2. The van der Waals surface area contributed by atoms with Crippen molar-refractivity contribution in [1.82, 2.24) is 0 Å². The summed E-state index contributed by atoms with van der Waals surface area (Å²) in [5, 5.41) is 0. The number of carbonyl (C=O) groups excluding carboxylic acids is 2. The SMILES string of the molecule is C/C=C/C1OC(=O)C=CC1OC(=O)/C=C/C(C)=C/C(C)CCCCCC. The summed E-state index contributed by atoms with van der Waals surface area (Å²) in [7, 11) is 0. The Labute approximate surface area is 157 Å². The lowest BCUT2D eigenvalue weighted by molar-refractivity contribution is -0.156. The van der Waals surface area contributed by atoms with Crippen LogP contribution in [-0.2, 0) is 19.1 Å². The molecule has 4 heteroatoms. The summed E-state index contributed by atoms with van der Waals surface area (Å²) >= 11 is 0. The lowest BCUT2D eigenvalue weighted by atomic mass is 10.00. The first-order valence-corrected chi connectivity index (χ1v) is 9.55. The maximum Gasteiger partial charge on any atom is 0.331 e. The lowest BCUT2D eigenvalue weighted by Crippen LogP contribution is -2.35. The number of carbonyl (C=O) groups is 2. The molecule has 0 aromatic heterocycles. The molecule has 0 aliphatic carbocycles. The predicted octanol–water partition coefficient (Wildman–Crippen LogP) is 5.06. The Kier molecular flexibility index (Phi) is 10.4. The van der Waals surface area contributed by atoms with E-state index in [1.807, 2.05) is 13.8 Å². The van der Waals surface area contributed by atoms with Crippen LogP contribution in [0.25, 0.3) is 0 Å². The number of unbranched alkanes of at least 4 members (excludes halogenated alkanes) is 3. The molecule has 3 atom stereocenters. The monoisotopic (exact) mass is 360 g/mol. The molecule has 26 heavy (non-hydrogen) atoms. The number of cyclic esters (lactones) is 1. The second-order valence-electron chi connectivity index (χ2n) is 6.76. The first-order valence-electron chi connectivity index (χ1n) is 9.55. The molecular weight excluding hydrogens is 328 g/mol. The maximum atomic E-state index is 12.0. The topological polar surface area (TPSA) is 52.6 Å². The lowest BCUT2D eigenvalue weighted by Gasteiger charge is -2.24. The van der Waals surface area contributed by atoms with Gasteiger partial charge in [0.25, 0.3) is 0 Å². The first-order chi connectivity index (χ1) is 12.5. The minimum atomic E-state index is -0.595. The molecule has 0 saturated heterocycles. The highest BCUT2D eigenvalue weighted by Gasteiger charge is 2.27. The van der Waals surface area contributed by atoms with Gasteiger partial charge in [0.2, 0.25) is 0 Å². The van der Waals surface area contributed by atoms with Crippen molar-refractivity contribution in [3.8, 4) is 0 Å². The van der Waals surface area contributed by atoms with Gasteiger partial charge in [-0.3, -0.25) is 0 Å². The fourth-order valence-corrected chi connectivity index (χ4v) is 2.82. The molecular formula is C22H32O4. The minimum absolute atomic E-state index is 0.428. The van der Waals surface area contributed by atoms with Gasteiger partial charge in [-0.1, -0.05) is 63.3 Å². The Hall–Kier alpha value is -2.10. The largest absolute Gasteiger partial charge is 0.451 e. The Bertz CT molecular complexity index is 569. The molecule has 4 nitrogen and oxygen atoms in total.